The molecule has 0 spiro atoms. The second kappa shape index (κ2) is 31.4. The zero-order valence-corrected chi connectivity index (χ0v) is 56.9. The number of nitrogens with one attached hydrogen (secondary N) is 3. The molecule has 0 radical (unpaired) electrons. The SMILES string of the molecule is CC1(C)CCC(c2ccc(Cl)cc2)=C(CN2CCN(c3ccc(C(=O)NS(=O)(=O)c4ccc(N[C@H](CCN5CCN(CCCCCCCCCC#Cc6cccc7c6C(=O)N(C6CCC(=O)NC6=O)C7=O)CC5)CSc5ccccc5)c(S(=O)(=O)C(F)(F)F)c4)cc3)CC2)C1. The summed E-state index contributed by atoms with van der Waals surface area (Å²) in [6.07, 6.45) is 11.6. The Morgan fingerprint density at radius 2 is 1.41 bits per heavy atom. The lowest BCUT2D eigenvalue weighted by molar-refractivity contribution is -0.136. The molecule has 4 aliphatic heterocycles. The van der Waals surface area contributed by atoms with Crippen LogP contribution in [0.25, 0.3) is 5.57 Å². The van der Waals surface area contributed by atoms with Crippen LogP contribution in [0.1, 0.15) is 146 Å². The molecule has 1 unspecified atom stereocenters. The third-order valence-electron chi connectivity index (χ3n) is 18.5. The third-order valence-corrected chi connectivity index (χ3v) is 22.8. The second-order valence-corrected chi connectivity index (χ2v) is 31.0. The maximum Gasteiger partial charge on any atom is 0.501 e. The summed E-state index contributed by atoms with van der Waals surface area (Å²) >= 11 is 7.67. The molecule has 5 aliphatic rings. The highest BCUT2D eigenvalue weighted by Crippen LogP contribution is 2.43. The highest BCUT2D eigenvalue weighted by Gasteiger charge is 2.49. The van der Waals surface area contributed by atoms with Crippen LogP contribution in [0.5, 0.6) is 0 Å². The number of anilines is 2. The molecule has 2 atom stereocenters. The first kappa shape index (κ1) is 70.8. The van der Waals surface area contributed by atoms with Gasteiger partial charge < -0.3 is 20.0 Å². The van der Waals surface area contributed by atoms with Crippen LogP contribution in [0.15, 0.2) is 136 Å². The number of piperidine rings is 1. The number of nitrogens with zero attached hydrogens (tertiary/aromatic N) is 5. The van der Waals surface area contributed by atoms with Gasteiger partial charge in [0.25, 0.3) is 37.6 Å². The Labute approximate surface area is 564 Å². The number of halogens is 4. The summed E-state index contributed by atoms with van der Waals surface area (Å²) in [5, 5.41) is 5.99. The Morgan fingerprint density at radius 3 is 2.09 bits per heavy atom. The number of sulfone groups is 1. The van der Waals surface area contributed by atoms with Gasteiger partial charge in [0.1, 0.15) is 10.9 Å². The predicted molar refractivity (Wildman–Crippen MR) is 364 cm³/mol. The predicted octanol–water partition coefficient (Wildman–Crippen LogP) is 11.7. The molecule has 5 aromatic rings. The van der Waals surface area contributed by atoms with E-state index in [1.54, 1.807) is 30.3 Å². The number of thioether (sulfide) groups is 1. The van der Waals surface area contributed by atoms with E-state index in [2.05, 4.69) is 68.1 Å². The number of sulfonamides is 1. The van der Waals surface area contributed by atoms with Crippen LogP contribution < -0.4 is 20.3 Å². The largest absolute Gasteiger partial charge is 0.501 e. The van der Waals surface area contributed by atoms with Crippen molar-refractivity contribution in [2.75, 3.05) is 88.0 Å². The van der Waals surface area contributed by atoms with E-state index < -0.39 is 82.5 Å². The van der Waals surface area contributed by atoms with Gasteiger partial charge in [-0.05, 0) is 147 Å². The van der Waals surface area contributed by atoms with Crippen molar-refractivity contribution in [1.82, 2.24) is 29.6 Å². The number of rotatable bonds is 26. The number of hydrogen-bond donors (Lipinski definition) is 3. The number of unbranched alkanes of at least 4 members (excludes halogenated alkanes) is 7. The first-order valence-corrected chi connectivity index (χ1v) is 37.1. The fourth-order valence-corrected chi connectivity index (χ4v) is 16.3. The number of piperazine rings is 2. The van der Waals surface area contributed by atoms with E-state index in [-0.39, 0.29) is 34.9 Å². The first-order valence-electron chi connectivity index (χ1n) is 32.7. The Morgan fingerprint density at radius 1 is 0.747 bits per heavy atom. The van der Waals surface area contributed by atoms with Crippen LogP contribution in [0.2, 0.25) is 5.02 Å². The van der Waals surface area contributed by atoms with Gasteiger partial charge in [0.05, 0.1) is 21.7 Å². The molecule has 5 aromatic carbocycles. The Balaban J connectivity index is 0.676. The molecule has 3 N–H and O–H groups in total. The van der Waals surface area contributed by atoms with Crippen LogP contribution in [0, 0.1) is 17.3 Å². The van der Waals surface area contributed by atoms with Crippen molar-refractivity contribution in [3.63, 3.8) is 0 Å². The van der Waals surface area contributed by atoms with Gasteiger partial charge in [-0.2, -0.15) is 13.2 Å². The van der Waals surface area contributed by atoms with Crippen molar-refractivity contribution in [2.45, 2.75) is 136 Å². The number of carbonyl (C=O) groups is 5. The molecular weight excluding hydrogens is 1300 g/mol. The summed E-state index contributed by atoms with van der Waals surface area (Å²) in [5.41, 5.74) is -0.298. The van der Waals surface area contributed by atoms with E-state index in [0.717, 1.165) is 157 Å². The number of fused-ring (bicyclic) bond motifs is 1. The lowest BCUT2D eigenvalue weighted by Gasteiger charge is -2.39. The van der Waals surface area contributed by atoms with Crippen molar-refractivity contribution >= 4 is 89.7 Å². The van der Waals surface area contributed by atoms with Crippen LogP contribution in [-0.4, -0.2) is 161 Å². The molecule has 24 heteroatoms. The highest BCUT2D eigenvalue weighted by molar-refractivity contribution is 7.99. The first-order chi connectivity index (χ1) is 45.4. The van der Waals surface area contributed by atoms with E-state index in [1.807, 2.05) is 47.2 Å². The number of hydrogen-bond acceptors (Lipinski definition) is 15. The Kier molecular flexibility index (Phi) is 23.4. The third kappa shape index (κ3) is 18.2. The lowest BCUT2D eigenvalue weighted by Crippen LogP contribution is -2.54. The van der Waals surface area contributed by atoms with Crippen molar-refractivity contribution in [2.24, 2.45) is 5.41 Å². The van der Waals surface area contributed by atoms with Crippen LogP contribution in [-0.2, 0) is 29.4 Å². The van der Waals surface area contributed by atoms with E-state index >= 15 is 0 Å². The number of allylic oxidation sites excluding steroid dienone is 1. The zero-order valence-electron chi connectivity index (χ0n) is 53.7. The molecular formula is C71H82ClF3N8O9S3. The van der Waals surface area contributed by atoms with E-state index in [1.165, 1.54) is 40.6 Å². The van der Waals surface area contributed by atoms with Gasteiger partial charge >= 0.3 is 5.51 Å². The maximum atomic E-state index is 14.5. The highest BCUT2D eigenvalue weighted by atomic mass is 35.5. The molecule has 4 heterocycles. The summed E-state index contributed by atoms with van der Waals surface area (Å²) in [6.45, 7) is 13.3. The quantitative estimate of drug-likeness (QED) is 0.0204. The molecule has 10 rings (SSSR count). The monoisotopic (exact) mass is 1380 g/mol. The summed E-state index contributed by atoms with van der Waals surface area (Å²) in [4.78, 5) is 73.4. The molecule has 17 nitrogen and oxygen atoms in total. The minimum atomic E-state index is -6.12. The average Bonchev–Trinajstić information content (AvgIpc) is 1.62. The fraction of sp³-hybridized carbons (Fsp3) is 0.451. The van der Waals surface area contributed by atoms with Gasteiger partial charge in [-0.25, -0.2) is 21.6 Å². The van der Waals surface area contributed by atoms with Crippen LogP contribution in [0.3, 0.4) is 0 Å². The van der Waals surface area contributed by atoms with Crippen molar-refractivity contribution in [3.05, 3.63) is 154 Å². The molecule has 95 heavy (non-hydrogen) atoms. The van der Waals surface area contributed by atoms with E-state index in [0.29, 0.717) is 41.8 Å². The Hall–Kier alpha value is -7.04. The Bertz CT molecular complexity index is 3940. The zero-order chi connectivity index (χ0) is 67.5. The molecule has 0 aromatic heterocycles. The van der Waals surface area contributed by atoms with Gasteiger partial charge in [-0.15, -0.1) is 11.8 Å². The van der Waals surface area contributed by atoms with Crippen molar-refractivity contribution < 1.29 is 54.0 Å². The normalized spacial score (nSPS) is 18.7. The van der Waals surface area contributed by atoms with Gasteiger partial charge in [0.2, 0.25) is 11.8 Å². The second-order valence-electron chi connectivity index (χ2n) is 25.9. The van der Waals surface area contributed by atoms with Gasteiger partial charge in [0, 0.05) is 117 Å². The molecule has 3 saturated heterocycles. The molecule has 0 saturated carbocycles. The summed E-state index contributed by atoms with van der Waals surface area (Å²) in [5.74, 6) is 3.30. The summed E-state index contributed by atoms with van der Waals surface area (Å²) < 4.78 is 99.9. The number of amides is 5. The smallest absolute Gasteiger partial charge is 0.380 e. The number of carbonyl (C=O) groups excluding carboxylic acids is 5. The number of benzene rings is 5. The van der Waals surface area contributed by atoms with Crippen molar-refractivity contribution in [3.8, 4) is 11.8 Å². The van der Waals surface area contributed by atoms with E-state index in [9.17, 15) is 54.0 Å². The van der Waals surface area contributed by atoms with Gasteiger partial charge in [-0.1, -0.05) is 111 Å². The molecule has 0 bridgehead atoms. The van der Waals surface area contributed by atoms with E-state index in [4.69, 9.17) is 11.6 Å². The molecule has 506 valence electrons. The minimum Gasteiger partial charge on any atom is -0.380 e. The standard InChI is InChI=1S/C71H82ClF3N8O9S3/c1-70(2)35-33-59(50-21-25-54(72)26-22-50)53(47-70)48-81-42-44-82(45-43-81)56-27-23-52(24-28-56)66(85)78-95(91,92)58-29-30-61(63(46-58)94(89,90)71(73,74)75)76-55(49-93-57-18-12-10-13-19-57)34-37-80-40-38-79(39-41-80)36-14-9-7-5-3-4-6-8-11-16-51-17-15-20-60-65(51)69(88)83(68(60)87)62-31-32-64(84)77-67(62)86/h10,12-13,15,17-30,46,55,62,76H,3-9,14,31-45,47-49H2,1-2H3,(H,78,85)(H,77,84,86)/t55-,62?/m1/s1. The summed E-state index contributed by atoms with van der Waals surface area (Å²) in [7, 11) is -11.0. The maximum absolute atomic E-state index is 14.5. The van der Waals surface area contributed by atoms with Crippen LogP contribution in [0.4, 0.5) is 24.5 Å². The number of alkyl halides is 3. The lowest BCUT2D eigenvalue weighted by atomic mass is 9.73. The minimum absolute atomic E-state index is 0.0159. The van der Waals surface area contributed by atoms with Crippen LogP contribution >= 0.6 is 23.4 Å². The molecule has 3 fully saturated rings. The molecule has 5 amide bonds. The van der Waals surface area contributed by atoms with Gasteiger partial charge in [-0.3, -0.25) is 39.1 Å². The average molecular weight is 1380 g/mol. The number of imide groups is 2. The van der Waals surface area contributed by atoms with Crippen molar-refractivity contribution in [1.29, 1.82) is 0 Å². The van der Waals surface area contributed by atoms with Gasteiger partial charge in [0.15, 0.2) is 0 Å². The topological polar surface area (TPSA) is 206 Å². The summed E-state index contributed by atoms with van der Waals surface area (Å²) in [6, 6.07) is 29.7. The fourth-order valence-electron chi connectivity index (χ4n) is 13.1. The molecule has 1 aliphatic carbocycles.